The van der Waals surface area contributed by atoms with Gasteiger partial charge in [-0.25, -0.2) is 0 Å². The highest BCUT2D eigenvalue weighted by Gasteiger charge is 2.52. The molecule has 0 aromatic heterocycles. The molecule has 0 atom stereocenters. The third-order valence-corrected chi connectivity index (χ3v) is 8.85. The quantitative estimate of drug-likeness (QED) is 0.271. The third kappa shape index (κ3) is 3.69. The van der Waals surface area contributed by atoms with Crippen LogP contribution in [0.5, 0.6) is 0 Å². The SMILES string of the molecule is CC1(C)OB(c2ccc3cc4cc5ccc(B6OC(C)(C)C(C)(C)O6)cc5cc4cc3c2)OC1(C)C. The molecule has 0 unspecified atom stereocenters. The van der Waals surface area contributed by atoms with Gasteiger partial charge in [0.25, 0.3) is 0 Å². The Kier molecular flexibility index (Phi) is 5.05. The van der Waals surface area contributed by atoms with Crippen molar-refractivity contribution in [2.75, 3.05) is 0 Å². The van der Waals surface area contributed by atoms with Gasteiger partial charge in [-0.2, -0.15) is 0 Å². The van der Waals surface area contributed by atoms with Crippen molar-refractivity contribution in [3.63, 3.8) is 0 Å². The molecule has 0 N–H and O–H groups in total. The summed E-state index contributed by atoms with van der Waals surface area (Å²) in [5.41, 5.74) is 0.662. The third-order valence-electron chi connectivity index (χ3n) is 8.85. The first-order valence-corrected chi connectivity index (χ1v) is 12.9. The Balaban J connectivity index is 1.38. The van der Waals surface area contributed by atoms with Crippen LogP contribution in [0.3, 0.4) is 0 Å². The van der Waals surface area contributed by atoms with Gasteiger partial charge in [-0.3, -0.25) is 0 Å². The average Bonchev–Trinajstić information content (AvgIpc) is 3.15. The lowest BCUT2D eigenvalue weighted by Gasteiger charge is -2.32. The lowest BCUT2D eigenvalue weighted by atomic mass is 9.77. The molecule has 4 nitrogen and oxygen atoms in total. The summed E-state index contributed by atoms with van der Waals surface area (Å²) in [4.78, 5) is 0. The maximum absolute atomic E-state index is 6.29. The number of hydrogen-bond acceptors (Lipinski definition) is 4. The molecule has 6 rings (SSSR count). The average molecular weight is 480 g/mol. The monoisotopic (exact) mass is 480 g/mol. The fourth-order valence-corrected chi connectivity index (χ4v) is 5.04. The molecule has 4 aromatic carbocycles. The summed E-state index contributed by atoms with van der Waals surface area (Å²) >= 11 is 0. The lowest BCUT2D eigenvalue weighted by molar-refractivity contribution is 0.00578. The van der Waals surface area contributed by atoms with Gasteiger partial charge < -0.3 is 18.6 Å². The minimum absolute atomic E-state index is 0.357. The van der Waals surface area contributed by atoms with E-state index in [0.717, 1.165) is 10.9 Å². The summed E-state index contributed by atoms with van der Waals surface area (Å²) in [6.07, 6.45) is 0. The van der Waals surface area contributed by atoms with Crippen molar-refractivity contribution in [3.05, 3.63) is 60.7 Å². The fraction of sp³-hybridized carbons (Fsp3) is 0.400. The Morgan fingerprint density at radius 2 is 0.667 bits per heavy atom. The van der Waals surface area contributed by atoms with Crippen molar-refractivity contribution in [1.29, 1.82) is 0 Å². The molecule has 2 heterocycles. The van der Waals surface area contributed by atoms with Crippen LogP contribution in [0.15, 0.2) is 60.7 Å². The largest absolute Gasteiger partial charge is 0.494 e. The van der Waals surface area contributed by atoms with E-state index in [9.17, 15) is 0 Å². The van der Waals surface area contributed by atoms with Gasteiger partial charge in [0.2, 0.25) is 0 Å². The molecule has 2 aliphatic rings. The summed E-state index contributed by atoms with van der Waals surface area (Å²) < 4.78 is 25.2. The highest BCUT2D eigenvalue weighted by molar-refractivity contribution is 6.63. The van der Waals surface area contributed by atoms with Crippen molar-refractivity contribution < 1.29 is 18.6 Å². The smallest absolute Gasteiger partial charge is 0.399 e. The normalized spacial score (nSPS) is 22.2. The van der Waals surface area contributed by atoms with Crippen LogP contribution in [-0.2, 0) is 18.6 Å². The summed E-state index contributed by atoms with van der Waals surface area (Å²) in [7, 11) is -0.733. The molecule has 2 saturated heterocycles. The van der Waals surface area contributed by atoms with E-state index in [4.69, 9.17) is 18.6 Å². The van der Waals surface area contributed by atoms with E-state index in [1.54, 1.807) is 0 Å². The van der Waals surface area contributed by atoms with Crippen molar-refractivity contribution in [2.24, 2.45) is 0 Å². The Hall–Kier alpha value is -2.37. The van der Waals surface area contributed by atoms with Crippen LogP contribution in [0.2, 0.25) is 0 Å². The number of rotatable bonds is 2. The summed E-state index contributed by atoms with van der Waals surface area (Å²) in [5.74, 6) is 0. The van der Waals surface area contributed by atoms with Crippen molar-refractivity contribution >= 4 is 57.5 Å². The Labute approximate surface area is 214 Å². The molecule has 2 aliphatic heterocycles. The van der Waals surface area contributed by atoms with Gasteiger partial charge in [0.05, 0.1) is 22.4 Å². The zero-order valence-electron chi connectivity index (χ0n) is 22.6. The molecule has 36 heavy (non-hydrogen) atoms. The van der Waals surface area contributed by atoms with Crippen LogP contribution < -0.4 is 10.9 Å². The van der Waals surface area contributed by atoms with Crippen molar-refractivity contribution in [2.45, 2.75) is 77.8 Å². The zero-order chi connectivity index (χ0) is 25.7. The van der Waals surface area contributed by atoms with Gasteiger partial charge >= 0.3 is 14.2 Å². The molecular weight excluding hydrogens is 446 g/mol. The molecule has 0 spiro atoms. The van der Waals surface area contributed by atoms with E-state index >= 15 is 0 Å². The number of fused-ring (bicyclic) bond motifs is 3. The van der Waals surface area contributed by atoms with E-state index in [2.05, 4.69) is 116 Å². The van der Waals surface area contributed by atoms with E-state index < -0.39 is 0 Å². The van der Waals surface area contributed by atoms with Crippen LogP contribution in [-0.4, -0.2) is 36.6 Å². The molecule has 0 amide bonds. The molecule has 184 valence electrons. The zero-order valence-corrected chi connectivity index (χ0v) is 22.6. The first-order chi connectivity index (χ1) is 16.7. The first-order valence-electron chi connectivity index (χ1n) is 12.9. The predicted octanol–water partition coefficient (Wildman–Crippen LogP) is 5.74. The Morgan fingerprint density at radius 3 is 1.00 bits per heavy atom. The number of benzene rings is 4. The molecule has 6 heteroatoms. The van der Waals surface area contributed by atoms with Gasteiger partial charge in [-0.15, -0.1) is 0 Å². The summed E-state index contributed by atoms with van der Waals surface area (Å²) in [6.45, 7) is 16.7. The first kappa shape index (κ1) is 24.0. The van der Waals surface area contributed by atoms with Gasteiger partial charge in [-0.1, -0.05) is 36.4 Å². The Morgan fingerprint density at radius 1 is 0.389 bits per heavy atom. The maximum atomic E-state index is 6.29. The van der Waals surface area contributed by atoms with Crippen molar-refractivity contribution in [1.82, 2.24) is 0 Å². The minimum atomic E-state index is -0.367. The summed E-state index contributed by atoms with van der Waals surface area (Å²) in [5, 5.41) is 7.19. The van der Waals surface area contributed by atoms with Crippen LogP contribution in [0.25, 0.3) is 32.3 Å². The second kappa shape index (κ2) is 7.58. The van der Waals surface area contributed by atoms with Crippen LogP contribution in [0, 0.1) is 0 Å². The van der Waals surface area contributed by atoms with Gasteiger partial charge in [-0.05, 0) is 123 Å². The van der Waals surface area contributed by atoms with Crippen LogP contribution in [0.1, 0.15) is 55.4 Å². The second-order valence-corrected chi connectivity index (χ2v) is 12.4. The minimum Gasteiger partial charge on any atom is -0.399 e. The predicted molar refractivity (Wildman–Crippen MR) is 150 cm³/mol. The topological polar surface area (TPSA) is 36.9 Å². The molecule has 0 aliphatic carbocycles. The molecule has 4 aromatic rings. The highest BCUT2D eigenvalue weighted by Crippen LogP contribution is 2.38. The Bertz CT molecular complexity index is 1380. The van der Waals surface area contributed by atoms with E-state index in [1.165, 1.54) is 32.3 Å². The van der Waals surface area contributed by atoms with Crippen LogP contribution >= 0.6 is 0 Å². The van der Waals surface area contributed by atoms with Crippen molar-refractivity contribution in [3.8, 4) is 0 Å². The standard InChI is InChI=1S/C30H34B2O4/c1-27(2)28(3,4)34-31(33-27)25-11-9-19-13-21-14-20-10-12-26(32-35-29(5,6)30(7,8)36-32)18-24(20)16-22(21)15-23(19)17-25/h9-18H,1-8H3. The molecular formula is C30H34B2O4. The van der Waals surface area contributed by atoms with Gasteiger partial charge in [0.1, 0.15) is 0 Å². The summed E-state index contributed by atoms with van der Waals surface area (Å²) in [6, 6.07) is 22.0. The van der Waals surface area contributed by atoms with E-state index in [0.29, 0.717) is 0 Å². The second-order valence-electron chi connectivity index (χ2n) is 12.4. The maximum Gasteiger partial charge on any atom is 0.494 e. The molecule has 0 saturated carbocycles. The lowest BCUT2D eigenvalue weighted by Crippen LogP contribution is -2.41. The van der Waals surface area contributed by atoms with Gasteiger partial charge in [0.15, 0.2) is 0 Å². The van der Waals surface area contributed by atoms with E-state index in [1.807, 2.05) is 0 Å². The van der Waals surface area contributed by atoms with E-state index in [-0.39, 0.29) is 36.6 Å². The molecule has 0 bridgehead atoms. The molecule has 2 fully saturated rings. The highest BCUT2D eigenvalue weighted by atomic mass is 16.7. The van der Waals surface area contributed by atoms with Crippen LogP contribution in [0.4, 0.5) is 0 Å². The number of hydrogen-bond donors (Lipinski definition) is 0. The van der Waals surface area contributed by atoms with Gasteiger partial charge in [0, 0.05) is 0 Å². The fourth-order valence-electron chi connectivity index (χ4n) is 5.04. The molecule has 0 radical (unpaired) electrons.